The van der Waals surface area contributed by atoms with E-state index < -0.39 is 10.0 Å². The molecule has 164 valence electrons. The molecule has 1 atom stereocenters. The Kier molecular flexibility index (Phi) is 7.06. The number of halogens is 1. The number of thioether (sulfide) groups is 1. The van der Waals surface area contributed by atoms with E-state index in [1.165, 1.54) is 0 Å². The standard InChI is InChI=1S/C23H26ClN3O2S2/c1-17(30-23-5-3-18-14-20(24)4-2-19(18)15-23)16-31(28,29)26-21-8-12-27(13-9-21)22-6-10-25-11-7-22/h2-7,10-11,14-15,17,21,26H,8-9,12-13,16H2,1H3. The van der Waals surface area contributed by atoms with Crippen LogP contribution in [0, 0.1) is 0 Å². The van der Waals surface area contributed by atoms with E-state index in [1.54, 1.807) is 24.2 Å². The van der Waals surface area contributed by atoms with Crippen LogP contribution in [-0.2, 0) is 10.0 Å². The number of pyridine rings is 1. The lowest BCUT2D eigenvalue weighted by molar-refractivity contribution is 0.460. The van der Waals surface area contributed by atoms with Gasteiger partial charge >= 0.3 is 0 Å². The predicted octanol–water partition coefficient (Wildman–Crippen LogP) is 4.96. The van der Waals surface area contributed by atoms with Crippen molar-refractivity contribution >= 4 is 49.8 Å². The number of hydrogen-bond donors (Lipinski definition) is 1. The largest absolute Gasteiger partial charge is 0.371 e. The van der Waals surface area contributed by atoms with Crippen LogP contribution in [0.1, 0.15) is 19.8 Å². The molecule has 3 aromatic rings. The van der Waals surface area contributed by atoms with E-state index in [1.807, 2.05) is 49.4 Å². The zero-order valence-corrected chi connectivity index (χ0v) is 19.8. The molecule has 4 rings (SSSR count). The van der Waals surface area contributed by atoms with Crippen molar-refractivity contribution in [3.05, 3.63) is 65.9 Å². The van der Waals surface area contributed by atoms with Gasteiger partial charge in [0.15, 0.2) is 0 Å². The highest BCUT2D eigenvalue weighted by Gasteiger charge is 2.25. The normalized spacial score (nSPS) is 16.5. The summed E-state index contributed by atoms with van der Waals surface area (Å²) in [5.41, 5.74) is 1.14. The third-order valence-corrected chi connectivity index (χ3v) is 8.61. The number of rotatable bonds is 7. The maximum atomic E-state index is 12.7. The number of nitrogens with zero attached hydrogens (tertiary/aromatic N) is 2. The average Bonchev–Trinajstić information content (AvgIpc) is 2.74. The molecule has 1 aromatic heterocycles. The van der Waals surface area contributed by atoms with Crippen LogP contribution in [0.3, 0.4) is 0 Å². The number of fused-ring (bicyclic) bond motifs is 1. The van der Waals surface area contributed by atoms with Crippen LogP contribution < -0.4 is 9.62 Å². The second-order valence-corrected chi connectivity index (χ2v) is 11.7. The fourth-order valence-corrected chi connectivity index (χ4v) is 7.21. The number of aromatic nitrogens is 1. The van der Waals surface area contributed by atoms with E-state index in [2.05, 4.69) is 20.7 Å². The molecule has 2 heterocycles. The van der Waals surface area contributed by atoms with Gasteiger partial charge in [-0.1, -0.05) is 30.7 Å². The van der Waals surface area contributed by atoms with E-state index in [4.69, 9.17) is 11.6 Å². The minimum atomic E-state index is -3.35. The molecule has 1 aliphatic heterocycles. The Bertz CT molecular complexity index is 1130. The molecule has 0 saturated carbocycles. The SMILES string of the molecule is CC(CS(=O)(=O)NC1CCN(c2ccncc2)CC1)Sc1ccc2cc(Cl)ccc2c1. The Balaban J connectivity index is 1.30. The van der Waals surface area contributed by atoms with Crippen molar-refractivity contribution in [2.24, 2.45) is 0 Å². The number of sulfonamides is 1. The molecule has 2 aromatic carbocycles. The lowest BCUT2D eigenvalue weighted by atomic mass is 10.1. The molecule has 0 bridgehead atoms. The molecule has 31 heavy (non-hydrogen) atoms. The Morgan fingerprint density at radius 3 is 2.52 bits per heavy atom. The van der Waals surface area contributed by atoms with Gasteiger partial charge in [-0.05, 0) is 60.0 Å². The summed E-state index contributed by atoms with van der Waals surface area (Å²) >= 11 is 7.63. The molecule has 1 N–H and O–H groups in total. The van der Waals surface area contributed by atoms with Gasteiger partial charge < -0.3 is 4.90 Å². The van der Waals surface area contributed by atoms with Gasteiger partial charge in [0.2, 0.25) is 10.0 Å². The minimum absolute atomic E-state index is 0.00861. The van der Waals surface area contributed by atoms with Crippen LogP contribution in [-0.4, -0.2) is 43.5 Å². The monoisotopic (exact) mass is 475 g/mol. The third kappa shape index (κ3) is 6.13. The molecule has 8 heteroatoms. The number of benzene rings is 2. The Labute approximate surface area is 193 Å². The van der Waals surface area contributed by atoms with Gasteiger partial charge in [-0.2, -0.15) is 0 Å². The van der Waals surface area contributed by atoms with Crippen molar-refractivity contribution < 1.29 is 8.42 Å². The van der Waals surface area contributed by atoms with E-state index in [9.17, 15) is 8.42 Å². The number of anilines is 1. The number of hydrogen-bond acceptors (Lipinski definition) is 5. The van der Waals surface area contributed by atoms with E-state index in [0.29, 0.717) is 5.02 Å². The van der Waals surface area contributed by atoms with Crippen LogP contribution >= 0.6 is 23.4 Å². The summed E-state index contributed by atoms with van der Waals surface area (Å²) in [4.78, 5) is 7.39. The summed E-state index contributed by atoms with van der Waals surface area (Å²) in [5, 5.41) is 2.84. The molecule has 0 radical (unpaired) electrons. The molecule has 5 nitrogen and oxygen atoms in total. The summed E-state index contributed by atoms with van der Waals surface area (Å²) in [6, 6.07) is 15.9. The molecule has 1 saturated heterocycles. The molecule has 0 spiro atoms. The quantitative estimate of drug-likeness (QED) is 0.489. The van der Waals surface area contributed by atoms with Gasteiger partial charge in [-0.3, -0.25) is 4.98 Å². The van der Waals surface area contributed by atoms with Gasteiger partial charge in [0, 0.05) is 52.4 Å². The van der Waals surface area contributed by atoms with Crippen molar-refractivity contribution in [1.29, 1.82) is 0 Å². The van der Waals surface area contributed by atoms with Crippen molar-refractivity contribution in [1.82, 2.24) is 9.71 Å². The van der Waals surface area contributed by atoms with Crippen molar-refractivity contribution in [2.45, 2.75) is 36.0 Å². The first kappa shape index (κ1) is 22.4. The van der Waals surface area contributed by atoms with Crippen LogP contribution in [0.2, 0.25) is 5.02 Å². The van der Waals surface area contributed by atoms with Gasteiger partial charge in [-0.25, -0.2) is 13.1 Å². The maximum absolute atomic E-state index is 12.7. The summed E-state index contributed by atoms with van der Waals surface area (Å²) < 4.78 is 28.4. The molecule has 1 unspecified atom stereocenters. The maximum Gasteiger partial charge on any atom is 0.212 e. The molecule has 0 amide bonds. The van der Waals surface area contributed by atoms with Crippen LogP contribution in [0.4, 0.5) is 5.69 Å². The molecule has 1 fully saturated rings. The predicted molar refractivity (Wildman–Crippen MR) is 131 cm³/mol. The molecular weight excluding hydrogens is 450 g/mol. The zero-order chi connectivity index (χ0) is 21.8. The number of nitrogens with one attached hydrogen (secondary N) is 1. The van der Waals surface area contributed by atoms with Crippen molar-refractivity contribution in [2.75, 3.05) is 23.7 Å². The lowest BCUT2D eigenvalue weighted by Crippen LogP contribution is -2.46. The molecular formula is C23H26ClN3O2S2. The Morgan fingerprint density at radius 1 is 1.10 bits per heavy atom. The Hall–Kier alpha value is -1.80. The summed E-state index contributed by atoms with van der Waals surface area (Å²) in [7, 11) is -3.35. The highest BCUT2D eigenvalue weighted by molar-refractivity contribution is 8.01. The third-order valence-electron chi connectivity index (χ3n) is 5.43. The summed E-state index contributed by atoms with van der Waals surface area (Å²) in [6.45, 7) is 3.63. The van der Waals surface area contributed by atoms with Crippen LogP contribution in [0.5, 0.6) is 0 Å². The lowest BCUT2D eigenvalue weighted by Gasteiger charge is -2.33. The van der Waals surface area contributed by atoms with E-state index >= 15 is 0 Å². The molecule has 1 aliphatic rings. The van der Waals surface area contributed by atoms with Crippen LogP contribution in [0.25, 0.3) is 10.8 Å². The average molecular weight is 476 g/mol. The summed E-state index contributed by atoms with van der Waals surface area (Å²) in [5.74, 6) is 0.0981. The van der Waals surface area contributed by atoms with E-state index in [0.717, 1.165) is 47.3 Å². The van der Waals surface area contributed by atoms with Crippen LogP contribution in [0.15, 0.2) is 65.8 Å². The van der Waals surface area contributed by atoms with Gasteiger partial charge in [0.25, 0.3) is 0 Å². The first-order valence-electron chi connectivity index (χ1n) is 10.4. The molecule has 0 aliphatic carbocycles. The highest BCUT2D eigenvalue weighted by atomic mass is 35.5. The van der Waals surface area contributed by atoms with Gasteiger partial charge in [0.05, 0.1) is 5.75 Å². The summed E-state index contributed by atoms with van der Waals surface area (Å²) in [6.07, 6.45) is 5.17. The van der Waals surface area contributed by atoms with Crippen molar-refractivity contribution in [3.63, 3.8) is 0 Å². The second-order valence-electron chi connectivity index (χ2n) is 7.95. The Morgan fingerprint density at radius 2 is 1.77 bits per heavy atom. The fraction of sp³-hybridized carbons (Fsp3) is 0.348. The topological polar surface area (TPSA) is 62.3 Å². The minimum Gasteiger partial charge on any atom is -0.371 e. The smallest absolute Gasteiger partial charge is 0.212 e. The fourth-order valence-electron chi connectivity index (χ4n) is 3.96. The van der Waals surface area contributed by atoms with Gasteiger partial charge in [0.1, 0.15) is 0 Å². The highest BCUT2D eigenvalue weighted by Crippen LogP contribution is 2.29. The number of piperidine rings is 1. The zero-order valence-electron chi connectivity index (χ0n) is 17.4. The second kappa shape index (κ2) is 9.77. The van der Waals surface area contributed by atoms with E-state index in [-0.39, 0.29) is 17.0 Å². The first-order chi connectivity index (χ1) is 14.9. The van der Waals surface area contributed by atoms with Crippen molar-refractivity contribution in [3.8, 4) is 0 Å². The van der Waals surface area contributed by atoms with Gasteiger partial charge in [-0.15, -0.1) is 11.8 Å². The first-order valence-corrected chi connectivity index (χ1v) is 13.3.